The Morgan fingerprint density at radius 2 is 2.53 bits per heavy atom. The van der Waals surface area contributed by atoms with E-state index in [1.165, 1.54) is 23.1 Å². The second-order valence-electron chi connectivity index (χ2n) is 3.15. The standard InChI is InChI=1S/C9H14N2O2S2/c1-6-4-15-9(10-6)11-8(13)5-14-7(2)3-12/h4,7,12H,3,5H2,1-2H3,(H,10,11,13). The quantitative estimate of drug-likeness (QED) is 0.826. The van der Waals surface area contributed by atoms with Crippen LogP contribution in [0.3, 0.4) is 0 Å². The van der Waals surface area contributed by atoms with E-state index < -0.39 is 0 Å². The third kappa shape index (κ3) is 4.63. The SMILES string of the molecule is Cc1csc(NC(=O)CSC(C)CO)n1. The zero-order chi connectivity index (χ0) is 11.3. The molecular formula is C9H14N2O2S2. The lowest BCUT2D eigenvalue weighted by Gasteiger charge is -2.06. The Kier molecular flexibility index (Phi) is 5.07. The largest absolute Gasteiger partial charge is 0.395 e. The van der Waals surface area contributed by atoms with Crippen molar-refractivity contribution in [3.8, 4) is 0 Å². The summed E-state index contributed by atoms with van der Waals surface area (Å²) in [5.41, 5.74) is 0.909. The van der Waals surface area contributed by atoms with Crippen molar-refractivity contribution >= 4 is 34.1 Å². The fourth-order valence-corrected chi connectivity index (χ4v) is 2.16. The van der Waals surface area contributed by atoms with E-state index in [9.17, 15) is 4.79 Å². The summed E-state index contributed by atoms with van der Waals surface area (Å²) < 4.78 is 0. The number of rotatable bonds is 5. The fraction of sp³-hybridized carbons (Fsp3) is 0.556. The summed E-state index contributed by atoms with van der Waals surface area (Å²) in [7, 11) is 0. The maximum absolute atomic E-state index is 11.4. The number of aliphatic hydroxyl groups is 1. The molecule has 1 heterocycles. The van der Waals surface area contributed by atoms with E-state index in [0.29, 0.717) is 10.9 Å². The number of carbonyl (C=O) groups is 1. The van der Waals surface area contributed by atoms with Gasteiger partial charge in [-0.05, 0) is 6.92 Å². The highest BCUT2D eigenvalue weighted by atomic mass is 32.2. The molecule has 1 aromatic heterocycles. The van der Waals surface area contributed by atoms with Crippen molar-refractivity contribution in [2.24, 2.45) is 0 Å². The summed E-state index contributed by atoms with van der Waals surface area (Å²) in [6, 6.07) is 0. The molecule has 0 aromatic carbocycles. The number of aliphatic hydroxyl groups excluding tert-OH is 1. The van der Waals surface area contributed by atoms with Gasteiger partial charge in [0.05, 0.1) is 18.1 Å². The normalized spacial score (nSPS) is 12.5. The van der Waals surface area contributed by atoms with Gasteiger partial charge in [-0.25, -0.2) is 4.98 Å². The lowest BCUT2D eigenvalue weighted by atomic mass is 10.5. The Labute approximate surface area is 97.1 Å². The number of hydrogen-bond acceptors (Lipinski definition) is 5. The smallest absolute Gasteiger partial charge is 0.236 e. The average molecular weight is 246 g/mol. The summed E-state index contributed by atoms with van der Waals surface area (Å²) >= 11 is 2.84. The molecule has 4 nitrogen and oxygen atoms in total. The van der Waals surface area contributed by atoms with Crippen LogP contribution in [0.25, 0.3) is 0 Å². The van der Waals surface area contributed by atoms with Gasteiger partial charge in [0.1, 0.15) is 0 Å². The molecular weight excluding hydrogens is 232 g/mol. The van der Waals surface area contributed by atoms with Crippen LogP contribution in [0, 0.1) is 6.92 Å². The molecule has 0 saturated carbocycles. The summed E-state index contributed by atoms with van der Waals surface area (Å²) in [6.07, 6.45) is 0. The fourth-order valence-electron chi connectivity index (χ4n) is 0.837. The van der Waals surface area contributed by atoms with Crippen LogP contribution in [0.15, 0.2) is 5.38 Å². The molecule has 2 N–H and O–H groups in total. The van der Waals surface area contributed by atoms with Gasteiger partial charge in [0, 0.05) is 10.6 Å². The number of amides is 1. The van der Waals surface area contributed by atoms with Gasteiger partial charge in [0.15, 0.2) is 5.13 Å². The second kappa shape index (κ2) is 6.09. The van der Waals surface area contributed by atoms with Crippen LogP contribution in [0.4, 0.5) is 5.13 Å². The number of nitrogens with zero attached hydrogens (tertiary/aromatic N) is 1. The van der Waals surface area contributed by atoms with Crippen molar-refractivity contribution in [2.75, 3.05) is 17.7 Å². The molecule has 1 amide bonds. The Hall–Kier alpha value is -0.590. The number of aromatic nitrogens is 1. The van der Waals surface area contributed by atoms with Gasteiger partial charge < -0.3 is 10.4 Å². The first kappa shape index (κ1) is 12.5. The monoisotopic (exact) mass is 246 g/mol. The minimum absolute atomic E-state index is 0.0744. The van der Waals surface area contributed by atoms with Gasteiger partial charge in [-0.3, -0.25) is 4.79 Å². The van der Waals surface area contributed by atoms with Crippen LogP contribution in [0.5, 0.6) is 0 Å². The first-order valence-electron chi connectivity index (χ1n) is 4.56. The first-order chi connectivity index (χ1) is 7.11. The third-order valence-corrected chi connectivity index (χ3v) is 3.64. The molecule has 0 aliphatic heterocycles. The zero-order valence-electron chi connectivity index (χ0n) is 8.69. The number of thioether (sulfide) groups is 1. The second-order valence-corrected chi connectivity index (χ2v) is 5.43. The highest BCUT2D eigenvalue weighted by Crippen LogP contribution is 2.15. The summed E-state index contributed by atoms with van der Waals surface area (Å²) in [6.45, 7) is 3.86. The van der Waals surface area contributed by atoms with E-state index in [1.807, 2.05) is 19.2 Å². The number of thiazole rings is 1. The molecule has 1 rings (SSSR count). The number of hydrogen-bond donors (Lipinski definition) is 2. The van der Waals surface area contributed by atoms with E-state index in [2.05, 4.69) is 10.3 Å². The summed E-state index contributed by atoms with van der Waals surface area (Å²) in [5.74, 6) is 0.273. The van der Waals surface area contributed by atoms with Gasteiger partial charge in [0.25, 0.3) is 0 Å². The van der Waals surface area contributed by atoms with Crippen molar-refractivity contribution in [3.63, 3.8) is 0 Å². The molecule has 0 aliphatic carbocycles. The molecule has 1 aromatic rings. The molecule has 84 valence electrons. The third-order valence-electron chi connectivity index (χ3n) is 1.62. The predicted octanol–water partition coefficient (Wildman–Crippen LogP) is 1.50. The van der Waals surface area contributed by atoms with Gasteiger partial charge in [0.2, 0.25) is 5.91 Å². The topological polar surface area (TPSA) is 62.2 Å². The van der Waals surface area contributed by atoms with Crippen molar-refractivity contribution in [2.45, 2.75) is 19.1 Å². The van der Waals surface area contributed by atoms with Gasteiger partial charge in [-0.15, -0.1) is 23.1 Å². The minimum atomic E-state index is -0.0744. The van der Waals surface area contributed by atoms with E-state index in [0.717, 1.165) is 5.69 Å². The molecule has 0 fully saturated rings. The molecule has 0 aliphatic rings. The van der Waals surface area contributed by atoms with Crippen LogP contribution >= 0.6 is 23.1 Å². The van der Waals surface area contributed by atoms with Gasteiger partial charge in [-0.2, -0.15) is 0 Å². The molecule has 0 radical (unpaired) electrons. The Bertz CT molecular complexity index is 328. The van der Waals surface area contributed by atoms with Crippen molar-refractivity contribution < 1.29 is 9.90 Å². The predicted molar refractivity (Wildman–Crippen MR) is 64.5 cm³/mol. The zero-order valence-corrected chi connectivity index (χ0v) is 10.3. The first-order valence-corrected chi connectivity index (χ1v) is 6.49. The number of aryl methyl sites for hydroxylation is 1. The molecule has 0 bridgehead atoms. The number of carbonyl (C=O) groups excluding carboxylic acids is 1. The van der Waals surface area contributed by atoms with Crippen LogP contribution < -0.4 is 5.32 Å². The maximum Gasteiger partial charge on any atom is 0.236 e. The Morgan fingerprint density at radius 1 is 1.80 bits per heavy atom. The molecule has 15 heavy (non-hydrogen) atoms. The van der Waals surface area contributed by atoms with E-state index in [1.54, 1.807) is 0 Å². The minimum Gasteiger partial charge on any atom is -0.395 e. The molecule has 0 spiro atoms. The lowest BCUT2D eigenvalue weighted by molar-refractivity contribution is -0.113. The molecule has 1 unspecified atom stereocenters. The molecule has 1 atom stereocenters. The van der Waals surface area contributed by atoms with Crippen LogP contribution in [-0.4, -0.2) is 33.6 Å². The molecule has 6 heteroatoms. The number of anilines is 1. The van der Waals surface area contributed by atoms with Crippen molar-refractivity contribution in [3.05, 3.63) is 11.1 Å². The maximum atomic E-state index is 11.4. The average Bonchev–Trinajstić information content (AvgIpc) is 2.60. The van der Waals surface area contributed by atoms with Crippen LogP contribution in [-0.2, 0) is 4.79 Å². The van der Waals surface area contributed by atoms with Gasteiger partial charge >= 0.3 is 0 Å². The van der Waals surface area contributed by atoms with Crippen molar-refractivity contribution in [1.82, 2.24) is 4.98 Å². The van der Waals surface area contributed by atoms with Crippen molar-refractivity contribution in [1.29, 1.82) is 0 Å². The van der Waals surface area contributed by atoms with E-state index in [-0.39, 0.29) is 17.8 Å². The van der Waals surface area contributed by atoms with Crippen LogP contribution in [0.2, 0.25) is 0 Å². The lowest BCUT2D eigenvalue weighted by Crippen LogP contribution is -2.16. The van der Waals surface area contributed by atoms with Gasteiger partial charge in [-0.1, -0.05) is 6.92 Å². The highest BCUT2D eigenvalue weighted by Gasteiger charge is 2.07. The van der Waals surface area contributed by atoms with E-state index >= 15 is 0 Å². The Balaban J connectivity index is 2.30. The molecule has 0 saturated heterocycles. The Morgan fingerprint density at radius 3 is 3.07 bits per heavy atom. The summed E-state index contributed by atoms with van der Waals surface area (Å²) in [4.78, 5) is 15.5. The van der Waals surface area contributed by atoms with E-state index in [4.69, 9.17) is 5.11 Å². The highest BCUT2D eigenvalue weighted by molar-refractivity contribution is 8.00. The number of nitrogens with one attached hydrogen (secondary N) is 1. The summed E-state index contributed by atoms with van der Waals surface area (Å²) in [5, 5.41) is 14.1. The van der Waals surface area contributed by atoms with Crippen LogP contribution in [0.1, 0.15) is 12.6 Å².